The van der Waals surface area contributed by atoms with Gasteiger partial charge in [-0.2, -0.15) is 0 Å². The Morgan fingerprint density at radius 3 is 2.27 bits per heavy atom. The fourth-order valence-electron chi connectivity index (χ4n) is 1.78. The number of carboxylic acid groups (broad SMARTS) is 1. The van der Waals surface area contributed by atoms with E-state index in [0.29, 0.717) is 0 Å². The highest BCUT2D eigenvalue weighted by Gasteiger charge is 2.33. The van der Waals surface area contributed by atoms with E-state index in [-0.39, 0.29) is 11.3 Å². The molecule has 1 atom stereocenters. The molecule has 0 fully saturated rings. The number of carbonyl (C=O) groups excluding carboxylic acids is 1. The second-order valence-corrected chi connectivity index (χ2v) is 7.84. The molecule has 1 aromatic rings. The quantitative estimate of drug-likeness (QED) is 0.754. The summed E-state index contributed by atoms with van der Waals surface area (Å²) in [4.78, 5) is 23.2. The van der Waals surface area contributed by atoms with Crippen LogP contribution in [0.25, 0.3) is 0 Å². The molecule has 0 aliphatic heterocycles. The number of amides is 1. The highest BCUT2D eigenvalue weighted by molar-refractivity contribution is 7.88. The maximum atomic E-state index is 12.3. The first-order chi connectivity index (χ1) is 9.90. The first-order valence-electron chi connectivity index (χ1n) is 6.51. The summed E-state index contributed by atoms with van der Waals surface area (Å²) in [5, 5.41) is 11.5. The van der Waals surface area contributed by atoms with Gasteiger partial charge in [-0.25, -0.2) is 17.9 Å². The zero-order chi connectivity index (χ0) is 17.1. The van der Waals surface area contributed by atoms with E-state index >= 15 is 0 Å². The molecule has 0 bridgehead atoms. The lowest BCUT2D eigenvalue weighted by atomic mass is 9.87. The number of benzene rings is 1. The van der Waals surface area contributed by atoms with Crippen molar-refractivity contribution >= 4 is 27.6 Å². The van der Waals surface area contributed by atoms with Crippen LogP contribution in [0.5, 0.6) is 0 Å². The molecule has 22 heavy (non-hydrogen) atoms. The van der Waals surface area contributed by atoms with E-state index < -0.39 is 33.4 Å². The van der Waals surface area contributed by atoms with Gasteiger partial charge >= 0.3 is 5.97 Å². The molecule has 0 heterocycles. The second kappa shape index (κ2) is 6.45. The summed E-state index contributed by atoms with van der Waals surface area (Å²) in [6, 6.07) is 4.74. The van der Waals surface area contributed by atoms with Crippen molar-refractivity contribution in [2.45, 2.75) is 26.8 Å². The zero-order valence-corrected chi connectivity index (χ0v) is 13.7. The molecule has 1 aromatic carbocycles. The van der Waals surface area contributed by atoms with E-state index in [1.807, 2.05) is 0 Å². The van der Waals surface area contributed by atoms with Crippen molar-refractivity contribution in [1.82, 2.24) is 4.72 Å². The molecule has 7 nitrogen and oxygen atoms in total. The largest absolute Gasteiger partial charge is 0.478 e. The van der Waals surface area contributed by atoms with Crippen LogP contribution in [-0.2, 0) is 14.8 Å². The minimum Gasteiger partial charge on any atom is -0.478 e. The topological polar surface area (TPSA) is 113 Å². The molecule has 8 heteroatoms. The third-order valence-electron chi connectivity index (χ3n) is 2.84. The van der Waals surface area contributed by atoms with Crippen molar-refractivity contribution in [3.8, 4) is 0 Å². The van der Waals surface area contributed by atoms with Crippen molar-refractivity contribution in [2.24, 2.45) is 5.41 Å². The number of hydrogen-bond acceptors (Lipinski definition) is 4. The molecule has 1 unspecified atom stereocenters. The number of carboxylic acids is 1. The Morgan fingerprint density at radius 2 is 1.82 bits per heavy atom. The van der Waals surface area contributed by atoms with Crippen LogP contribution >= 0.6 is 0 Å². The Balaban J connectivity index is 3.01. The predicted octanol–water partition coefficient (Wildman–Crippen LogP) is 1.29. The molecule has 0 spiro atoms. The fraction of sp³-hybridized carbons (Fsp3) is 0.429. The van der Waals surface area contributed by atoms with Gasteiger partial charge in [0.25, 0.3) is 0 Å². The van der Waals surface area contributed by atoms with Crippen LogP contribution < -0.4 is 10.0 Å². The maximum absolute atomic E-state index is 12.3. The standard InChI is InChI=1S/C14H20N2O5S/c1-14(2,3)11(16-22(4,20)21)12(17)15-10-7-5-6-9(8-10)13(18)19/h5-8,11,16H,1-4H3,(H,15,17)(H,18,19). The molecule has 0 saturated heterocycles. The number of hydrogen-bond donors (Lipinski definition) is 3. The fourth-order valence-corrected chi connectivity index (χ4v) is 2.67. The van der Waals surface area contributed by atoms with Crippen LogP contribution in [0.3, 0.4) is 0 Å². The van der Waals surface area contributed by atoms with Gasteiger partial charge in [0.1, 0.15) is 6.04 Å². The first-order valence-corrected chi connectivity index (χ1v) is 8.41. The van der Waals surface area contributed by atoms with E-state index in [1.54, 1.807) is 20.8 Å². The summed E-state index contributed by atoms with van der Waals surface area (Å²) in [5.74, 6) is -1.67. The Bertz CT molecular complexity index is 677. The van der Waals surface area contributed by atoms with Crippen molar-refractivity contribution in [1.29, 1.82) is 0 Å². The normalized spacial score (nSPS) is 13.5. The molecule has 3 N–H and O–H groups in total. The van der Waals surface area contributed by atoms with Gasteiger partial charge in [0, 0.05) is 5.69 Å². The minimum atomic E-state index is -3.57. The number of nitrogens with one attached hydrogen (secondary N) is 2. The summed E-state index contributed by atoms with van der Waals surface area (Å²) in [6.07, 6.45) is 0.976. The van der Waals surface area contributed by atoms with Gasteiger partial charge in [-0.05, 0) is 23.6 Å². The van der Waals surface area contributed by atoms with Gasteiger partial charge in [-0.3, -0.25) is 4.79 Å². The average molecular weight is 328 g/mol. The lowest BCUT2D eigenvalue weighted by Crippen LogP contribution is -2.51. The van der Waals surface area contributed by atoms with E-state index in [2.05, 4.69) is 10.0 Å². The van der Waals surface area contributed by atoms with E-state index in [1.165, 1.54) is 24.3 Å². The molecule has 0 aliphatic rings. The molecule has 0 aromatic heterocycles. The number of rotatable bonds is 5. The minimum absolute atomic E-state index is 0.0289. The summed E-state index contributed by atoms with van der Waals surface area (Å²) in [7, 11) is -3.57. The van der Waals surface area contributed by atoms with Gasteiger partial charge < -0.3 is 10.4 Å². The number of carbonyl (C=O) groups is 2. The molecular formula is C14H20N2O5S. The SMILES string of the molecule is CC(C)(C)C(NS(C)(=O)=O)C(=O)Nc1cccc(C(=O)O)c1. The monoisotopic (exact) mass is 328 g/mol. The van der Waals surface area contributed by atoms with Gasteiger partial charge in [-0.15, -0.1) is 0 Å². The summed E-state index contributed by atoms with van der Waals surface area (Å²) in [5.41, 5.74) is -0.340. The first kappa shape index (κ1) is 18.1. The third-order valence-corrected chi connectivity index (χ3v) is 3.50. The molecule has 1 amide bonds. The molecule has 0 saturated carbocycles. The zero-order valence-electron chi connectivity index (χ0n) is 12.9. The molecular weight excluding hydrogens is 308 g/mol. The third kappa shape index (κ3) is 5.45. The highest BCUT2D eigenvalue weighted by atomic mass is 32.2. The van der Waals surface area contributed by atoms with Gasteiger partial charge in [-0.1, -0.05) is 26.8 Å². The van der Waals surface area contributed by atoms with E-state index in [4.69, 9.17) is 5.11 Å². The van der Waals surface area contributed by atoms with Gasteiger partial charge in [0.2, 0.25) is 15.9 Å². The molecule has 1 rings (SSSR count). The lowest BCUT2D eigenvalue weighted by Gasteiger charge is -2.29. The average Bonchev–Trinajstić information content (AvgIpc) is 2.33. The summed E-state index contributed by atoms with van der Waals surface area (Å²) in [6.45, 7) is 5.18. The Hall–Kier alpha value is -1.93. The van der Waals surface area contributed by atoms with Crippen LogP contribution in [0, 0.1) is 5.41 Å². The molecule has 122 valence electrons. The lowest BCUT2D eigenvalue weighted by molar-refractivity contribution is -0.119. The van der Waals surface area contributed by atoms with Crippen LogP contribution in [-0.4, -0.2) is 37.7 Å². The highest BCUT2D eigenvalue weighted by Crippen LogP contribution is 2.22. The van der Waals surface area contributed by atoms with Crippen LogP contribution in [0.4, 0.5) is 5.69 Å². The smallest absolute Gasteiger partial charge is 0.335 e. The van der Waals surface area contributed by atoms with Crippen molar-refractivity contribution < 1.29 is 23.1 Å². The Morgan fingerprint density at radius 1 is 1.23 bits per heavy atom. The van der Waals surface area contributed by atoms with E-state index in [0.717, 1.165) is 6.26 Å². The van der Waals surface area contributed by atoms with Crippen molar-refractivity contribution in [2.75, 3.05) is 11.6 Å². The Kier molecular flexibility index (Phi) is 5.31. The van der Waals surface area contributed by atoms with Gasteiger partial charge in [0.05, 0.1) is 11.8 Å². The Labute approximate surface area is 129 Å². The van der Waals surface area contributed by atoms with Crippen LogP contribution in [0.2, 0.25) is 0 Å². The van der Waals surface area contributed by atoms with Crippen LogP contribution in [0.1, 0.15) is 31.1 Å². The van der Waals surface area contributed by atoms with E-state index in [9.17, 15) is 18.0 Å². The maximum Gasteiger partial charge on any atom is 0.335 e. The van der Waals surface area contributed by atoms with Crippen LogP contribution in [0.15, 0.2) is 24.3 Å². The summed E-state index contributed by atoms with van der Waals surface area (Å²) >= 11 is 0. The van der Waals surface area contributed by atoms with Crippen molar-refractivity contribution in [3.63, 3.8) is 0 Å². The number of anilines is 1. The number of sulfonamides is 1. The molecule has 0 aliphatic carbocycles. The van der Waals surface area contributed by atoms with Crippen molar-refractivity contribution in [3.05, 3.63) is 29.8 Å². The second-order valence-electron chi connectivity index (χ2n) is 6.06. The predicted molar refractivity (Wildman–Crippen MR) is 83.3 cm³/mol. The molecule has 0 radical (unpaired) electrons. The summed E-state index contributed by atoms with van der Waals surface area (Å²) < 4.78 is 25.1. The number of aromatic carboxylic acids is 1. The van der Waals surface area contributed by atoms with Gasteiger partial charge in [0.15, 0.2) is 0 Å².